The topological polar surface area (TPSA) is 79.3 Å². The third-order valence-electron chi connectivity index (χ3n) is 3.74. The second-order valence-corrected chi connectivity index (χ2v) is 5.29. The normalized spacial score (nSPS) is 11.8. The number of carbonyl (C=O) groups is 2. The first-order valence-electron chi connectivity index (χ1n) is 7.36. The number of terminal acetylenes is 1. The first kappa shape index (κ1) is 15.5. The highest BCUT2D eigenvalue weighted by Crippen LogP contribution is 2.25. The second-order valence-electron chi connectivity index (χ2n) is 5.29. The minimum Gasteiger partial charge on any atom is -0.480 e. The fourth-order valence-corrected chi connectivity index (χ4v) is 2.63. The lowest BCUT2D eigenvalue weighted by Gasteiger charge is -2.15. The van der Waals surface area contributed by atoms with Gasteiger partial charge >= 0.3 is 5.97 Å². The van der Waals surface area contributed by atoms with Crippen molar-refractivity contribution in [3.05, 3.63) is 54.1 Å². The molecule has 2 N–H and O–H groups in total. The SMILES string of the molecule is C#CC[C@@H](NC(=O)c1c2ccccc2nc2ccccc12)C(=O)O. The minimum atomic E-state index is -1.16. The Labute approximate surface area is 138 Å². The Kier molecular flexibility index (Phi) is 4.13. The summed E-state index contributed by atoms with van der Waals surface area (Å²) in [6.45, 7) is 0. The van der Waals surface area contributed by atoms with Gasteiger partial charge in [-0.3, -0.25) is 4.79 Å². The maximum absolute atomic E-state index is 12.8. The Morgan fingerprint density at radius 3 is 2.12 bits per heavy atom. The van der Waals surface area contributed by atoms with Crippen molar-refractivity contribution in [1.82, 2.24) is 10.3 Å². The average molecular weight is 318 g/mol. The van der Waals surface area contributed by atoms with Gasteiger partial charge in [-0.05, 0) is 12.1 Å². The first-order chi connectivity index (χ1) is 11.6. The molecule has 1 atom stereocenters. The Morgan fingerprint density at radius 1 is 1.08 bits per heavy atom. The van der Waals surface area contributed by atoms with E-state index in [1.807, 2.05) is 36.4 Å². The molecule has 2 aromatic carbocycles. The molecule has 3 aromatic rings. The Balaban J connectivity index is 2.17. The van der Waals surface area contributed by atoms with Crippen LogP contribution in [0.4, 0.5) is 0 Å². The van der Waals surface area contributed by atoms with Crippen molar-refractivity contribution in [2.24, 2.45) is 0 Å². The summed E-state index contributed by atoms with van der Waals surface area (Å²) in [5.41, 5.74) is 1.75. The summed E-state index contributed by atoms with van der Waals surface area (Å²) < 4.78 is 0. The number of fused-ring (bicyclic) bond motifs is 2. The van der Waals surface area contributed by atoms with Gasteiger partial charge in [0.2, 0.25) is 0 Å². The summed E-state index contributed by atoms with van der Waals surface area (Å²) in [7, 11) is 0. The summed E-state index contributed by atoms with van der Waals surface area (Å²) in [6.07, 6.45) is 5.11. The third-order valence-corrected chi connectivity index (χ3v) is 3.74. The van der Waals surface area contributed by atoms with Gasteiger partial charge in [0.25, 0.3) is 5.91 Å². The molecule has 3 rings (SSSR count). The highest BCUT2D eigenvalue weighted by molar-refractivity contribution is 6.16. The Hall–Kier alpha value is -3.39. The molecule has 5 heteroatoms. The van der Waals surface area contributed by atoms with Crippen molar-refractivity contribution < 1.29 is 14.7 Å². The number of aromatic nitrogens is 1. The van der Waals surface area contributed by atoms with Crippen LogP contribution in [-0.4, -0.2) is 28.0 Å². The molecule has 0 radical (unpaired) electrons. The van der Waals surface area contributed by atoms with Crippen LogP contribution in [0.1, 0.15) is 16.8 Å². The van der Waals surface area contributed by atoms with Crippen molar-refractivity contribution in [3.63, 3.8) is 0 Å². The van der Waals surface area contributed by atoms with Crippen LogP contribution in [0.15, 0.2) is 48.5 Å². The van der Waals surface area contributed by atoms with Gasteiger partial charge < -0.3 is 10.4 Å². The summed E-state index contributed by atoms with van der Waals surface area (Å²) in [6, 6.07) is 13.4. The molecule has 0 saturated heterocycles. The zero-order valence-electron chi connectivity index (χ0n) is 12.7. The smallest absolute Gasteiger partial charge is 0.327 e. The van der Waals surface area contributed by atoms with E-state index in [2.05, 4.69) is 16.2 Å². The van der Waals surface area contributed by atoms with Crippen LogP contribution in [0.2, 0.25) is 0 Å². The molecule has 5 nitrogen and oxygen atoms in total. The quantitative estimate of drug-likeness (QED) is 0.572. The maximum atomic E-state index is 12.8. The maximum Gasteiger partial charge on any atom is 0.327 e. The Morgan fingerprint density at radius 2 is 1.62 bits per heavy atom. The van der Waals surface area contributed by atoms with Gasteiger partial charge in [0.15, 0.2) is 0 Å². The first-order valence-corrected chi connectivity index (χ1v) is 7.36. The number of carboxylic acids is 1. The number of nitrogens with one attached hydrogen (secondary N) is 1. The van der Waals surface area contributed by atoms with Crippen molar-refractivity contribution in [3.8, 4) is 12.3 Å². The third kappa shape index (κ3) is 2.77. The van der Waals surface area contributed by atoms with Crippen LogP contribution in [0, 0.1) is 12.3 Å². The van der Waals surface area contributed by atoms with E-state index in [1.165, 1.54) is 0 Å². The number of aliphatic carboxylic acids is 1. The number of nitrogens with zero attached hydrogens (tertiary/aromatic N) is 1. The summed E-state index contributed by atoms with van der Waals surface area (Å²) >= 11 is 0. The molecule has 0 aliphatic heterocycles. The van der Waals surface area contributed by atoms with E-state index in [1.54, 1.807) is 12.1 Å². The van der Waals surface area contributed by atoms with Crippen LogP contribution in [0.3, 0.4) is 0 Å². The highest BCUT2D eigenvalue weighted by atomic mass is 16.4. The number of pyridine rings is 1. The summed E-state index contributed by atoms with van der Waals surface area (Å²) in [5.74, 6) is 0.630. The van der Waals surface area contributed by atoms with E-state index in [0.29, 0.717) is 27.4 Å². The molecule has 24 heavy (non-hydrogen) atoms. The lowest BCUT2D eigenvalue weighted by Crippen LogP contribution is -2.40. The molecular weight excluding hydrogens is 304 g/mol. The van der Waals surface area contributed by atoms with Crippen LogP contribution >= 0.6 is 0 Å². The summed E-state index contributed by atoms with van der Waals surface area (Å²) in [5, 5.41) is 13.0. The fraction of sp³-hybridized carbons (Fsp3) is 0.105. The predicted octanol–water partition coefficient (Wildman–Crippen LogP) is 2.59. The Bertz CT molecular complexity index is 935. The minimum absolute atomic E-state index is 0.0813. The largest absolute Gasteiger partial charge is 0.480 e. The number of hydrogen-bond donors (Lipinski definition) is 2. The van der Waals surface area contributed by atoms with Gasteiger partial charge in [0.1, 0.15) is 6.04 Å². The molecule has 1 amide bonds. The van der Waals surface area contributed by atoms with Crippen LogP contribution in [0.25, 0.3) is 21.8 Å². The van der Waals surface area contributed by atoms with Crippen LogP contribution < -0.4 is 5.32 Å². The van der Waals surface area contributed by atoms with E-state index in [4.69, 9.17) is 6.42 Å². The van der Waals surface area contributed by atoms with E-state index in [9.17, 15) is 14.7 Å². The average Bonchev–Trinajstić information content (AvgIpc) is 2.58. The van der Waals surface area contributed by atoms with Crippen molar-refractivity contribution in [2.45, 2.75) is 12.5 Å². The van der Waals surface area contributed by atoms with E-state index in [0.717, 1.165) is 0 Å². The van der Waals surface area contributed by atoms with Crippen molar-refractivity contribution in [1.29, 1.82) is 0 Å². The number of benzene rings is 2. The zero-order chi connectivity index (χ0) is 17.1. The lowest BCUT2D eigenvalue weighted by molar-refractivity contribution is -0.139. The van der Waals surface area contributed by atoms with E-state index in [-0.39, 0.29) is 6.42 Å². The standard InChI is InChI=1S/C19H14N2O3/c1-2-7-16(19(23)24)21-18(22)17-12-8-3-5-10-14(12)20-15-11-6-4-9-13(15)17/h1,3-6,8-11,16H,7H2,(H,21,22)(H,23,24)/t16-/m1/s1. The predicted molar refractivity (Wildman–Crippen MR) is 91.6 cm³/mol. The second kappa shape index (κ2) is 6.39. The van der Waals surface area contributed by atoms with Gasteiger partial charge in [0, 0.05) is 17.2 Å². The van der Waals surface area contributed by atoms with Crippen molar-refractivity contribution >= 4 is 33.7 Å². The van der Waals surface area contributed by atoms with Crippen LogP contribution in [0.5, 0.6) is 0 Å². The summed E-state index contributed by atoms with van der Waals surface area (Å²) in [4.78, 5) is 28.6. The number of rotatable bonds is 4. The highest BCUT2D eigenvalue weighted by Gasteiger charge is 2.22. The molecule has 0 bridgehead atoms. The van der Waals surface area contributed by atoms with E-state index < -0.39 is 17.9 Å². The zero-order valence-corrected chi connectivity index (χ0v) is 12.7. The molecule has 0 unspecified atom stereocenters. The molecule has 0 fully saturated rings. The van der Waals surface area contributed by atoms with E-state index >= 15 is 0 Å². The lowest BCUT2D eigenvalue weighted by atomic mass is 10.0. The van der Waals surface area contributed by atoms with Gasteiger partial charge in [-0.25, -0.2) is 9.78 Å². The molecular formula is C19H14N2O3. The molecule has 1 heterocycles. The fourth-order valence-electron chi connectivity index (χ4n) is 2.63. The molecule has 0 aliphatic rings. The van der Waals surface area contributed by atoms with Crippen molar-refractivity contribution in [2.75, 3.05) is 0 Å². The number of hydrogen-bond acceptors (Lipinski definition) is 3. The number of carbonyl (C=O) groups excluding carboxylic acids is 1. The molecule has 118 valence electrons. The van der Waals surface area contributed by atoms with Gasteiger partial charge in [0.05, 0.1) is 16.6 Å². The number of para-hydroxylation sites is 2. The number of amides is 1. The van der Waals surface area contributed by atoms with Crippen LogP contribution in [-0.2, 0) is 4.79 Å². The molecule has 0 saturated carbocycles. The molecule has 0 spiro atoms. The van der Waals surface area contributed by atoms with Gasteiger partial charge in [-0.1, -0.05) is 36.4 Å². The molecule has 0 aliphatic carbocycles. The monoisotopic (exact) mass is 318 g/mol. The molecule has 1 aromatic heterocycles. The van der Waals surface area contributed by atoms with Gasteiger partial charge in [-0.15, -0.1) is 12.3 Å². The van der Waals surface area contributed by atoms with Gasteiger partial charge in [-0.2, -0.15) is 0 Å². The number of carboxylic acid groups (broad SMARTS) is 1.